The quantitative estimate of drug-likeness (QED) is 0.749. The number of benzene rings is 1. The van der Waals surface area contributed by atoms with Crippen LogP contribution in [0, 0.1) is 0 Å². The summed E-state index contributed by atoms with van der Waals surface area (Å²) in [6.45, 7) is 5.51. The largest absolute Gasteiger partial charge is 0.492 e. The van der Waals surface area contributed by atoms with Crippen molar-refractivity contribution in [2.24, 2.45) is 0 Å². The van der Waals surface area contributed by atoms with Crippen molar-refractivity contribution in [3.05, 3.63) is 30.3 Å². The van der Waals surface area contributed by atoms with Crippen molar-refractivity contribution in [1.82, 2.24) is 4.90 Å². The number of likely N-dealkylation sites (tertiary alicyclic amines) is 1. The zero-order valence-corrected chi connectivity index (χ0v) is 9.36. The summed E-state index contributed by atoms with van der Waals surface area (Å²) in [6.07, 6.45) is 2.69. The number of hydrogen-bond donors (Lipinski definition) is 0. The van der Waals surface area contributed by atoms with E-state index in [9.17, 15) is 0 Å². The summed E-state index contributed by atoms with van der Waals surface area (Å²) in [6, 6.07) is 10.6. The molecule has 1 saturated heterocycles. The highest BCUT2D eigenvalue weighted by atomic mass is 16.5. The van der Waals surface area contributed by atoms with Crippen molar-refractivity contribution < 1.29 is 4.74 Å². The summed E-state index contributed by atoms with van der Waals surface area (Å²) in [5.41, 5.74) is 0. The molecule has 15 heavy (non-hydrogen) atoms. The Bertz CT molecular complexity index is 280. The Morgan fingerprint density at radius 2 is 1.87 bits per heavy atom. The van der Waals surface area contributed by atoms with Crippen LogP contribution in [0.4, 0.5) is 0 Å². The van der Waals surface area contributed by atoms with Crippen LogP contribution in [0.1, 0.15) is 19.8 Å². The van der Waals surface area contributed by atoms with Gasteiger partial charge in [-0.1, -0.05) is 18.2 Å². The smallest absolute Gasteiger partial charge is 0.119 e. The van der Waals surface area contributed by atoms with Gasteiger partial charge < -0.3 is 4.74 Å². The third kappa shape index (κ3) is 2.96. The molecule has 0 saturated carbocycles. The molecule has 1 heterocycles. The van der Waals surface area contributed by atoms with Crippen LogP contribution in [0.3, 0.4) is 0 Å². The van der Waals surface area contributed by atoms with Crippen LogP contribution in [0.2, 0.25) is 0 Å². The van der Waals surface area contributed by atoms with Crippen LogP contribution in [-0.4, -0.2) is 30.6 Å². The maximum absolute atomic E-state index is 5.74. The van der Waals surface area contributed by atoms with E-state index in [1.54, 1.807) is 0 Å². The maximum atomic E-state index is 5.74. The number of para-hydroxylation sites is 1. The topological polar surface area (TPSA) is 12.5 Å². The van der Waals surface area contributed by atoms with E-state index in [4.69, 9.17) is 4.74 Å². The second kappa shape index (κ2) is 5.17. The first kappa shape index (κ1) is 10.5. The van der Waals surface area contributed by atoms with Crippen molar-refractivity contribution >= 4 is 0 Å². The highest BCUT2D eigenvalue weighted by molar-refractivity contribution is 5.20. The van der Waals surface area contributed by atoms with Gasteiger partial charge in [0.25, 0.3) is 0 Å². The normalized spacial score (nSPS) is 19.0. The lowest BCUT2D eigenvalue weighted by atomic mass is 10.3. The van der Waals surface area contributed by atoms with Gasteiger partial charge >= 0.3 is 0 Å². The molecule has 1 aliphatic rings. The van der Waals surface area contributed by atoms with Crippen molar-refractivity contribution in [2.45, 2.75) is 25.8 Å². The SMILES string of the molecule is C[C@H](COc1ccccc1)N1CCCC1. The van der Waals surface area contributed by atoms with Gasteiger partial charge in [-0.05, 0) is 45.0 Å². The predicted molar refractivity (Wildman–Crippen MR) is 62.2 cm³/mol. The zero-order valence-electron chi connectivity index (χ0n) is 9.36. The second-order valence-corrected chi connectivity index (χ2v) is 4.22. The number of rotatable bonds is 4. The first-order valence-corrected chi connectivity index (χ1v) is 5.78. The van der Waals surface area contributed by atoms with Gasteiger partial charge in [0.05, 0.1) is 0 Å². The Labute approximate surface area is 91.9 Å². The van der Waals surface area contributed by atoms with Gasteiger partial charge in [0, 0.05) is 6.04 Å². The Morgan fingerprint density at radius 3 is 2.53 bits per heavy atom. The first-order valence-electron chi connectivity index (χ1n) is 5.78. The monoisotopic (exact) mass is 205 g/mol. The Kier molecular flexibility index (Phi) is 3.62. The average molecular weight is 205 g/mol. The molecular weight excluding hydrogens is 186 g/mol. The highest BCUT2D eigenvalue weighted by Crippen LogP contribution is 2.14. The fraction of sp³-hybridized carbons (Fsp3) is 0.538. The minimum atomic E-state index is 0.535. The summed E-state index contributed by atoms with van der Waals surface area (Å²) < 4.78 is 5.74. The average Bonchev–Trinajstić information content (AvgIpc) is 2.81. The molecule has 1 aromatic rings. The molecule has 0 radical (unpaired) electrons. The summed E-state index contributed by atoms with van der Waals surface area (Å²) in [4.78, 5) is 2.50. The van der Waals surface area contributed by atoms with Crippen LogP contribution in [0.15, 0.2) is 30.3 Å². The lowest BCUT2D eigenvalue weighted by molar-refractivity contribution is 0.172. The maximum Gasteiger partial charge on any atom is 0.119 e. The third-order valence-corrected chi connectivity index (χ3v) is 3.00. The summed E-state index contributed by atoms with van der Waals surface area (Å²) in [7, 11) is 0. The molecule has 0 amide bonds. The zero-order chi connectivity index (χ0) is 10.5. The molecule has 1 fully saturated rings. The summed E-state index contributed by atoms with van der Waals surface area (Å²) >= 11 is 0. The van der Waals surface area contributed by atoms with E-state index in [0.29, 0.717) is 6.04 Å². The molecule has 0 aliphatic carbocycles. The second-order valence-electron chi connectivity index (χ2n) is 4.22. The molecule has 82 valence electrons. The van der Waals surface area contributed by atoms with Crippen LogP contribution >= 0.6 is 0 Å². The number of nitrogens with zero attached hydrogens (tertiary/aromatic N) is 1. The van der Waals surface area contributed by atoms with E-state index in [0.717, 1.165) is 12.4 Å². The fourth-order valence-electron chi connectivity index (χ4n) is 2.02. The Morgan fingerprint density at radius 1 is 1.20 bits per heavy atom. The molecule has 0 bridgehead atoms. The highest BCUT2D eigenvalue weighted by Gasteiger charge is 2.18. The van der Waals surface area contributed by atoms with E-state index in [1.807, 2.05) is 30.3 Å². The minimum absolute atomic E-state index is 0.535. The van der Waals surface area contributed by atoms with Crippen LogP contribution < -0.4 is 4.74 Å². The van der Waals surface area contributed by atoms with Crippen molar-refractivity contribution in [2.75, 3.05) is 19.7 Å². The van der Waals surface area contributed by atoms with Crippen LogP contribution in [-0.2, 0) is 0 Å². The van der Waals surface area contributed by atoms with Gasteiger partial charge in [0.2, 0.25) is 0 Å². The number of ether oxygens (including phenoxy) is 1. The van der Waals surface area contributed by atoms with Crippen LogP contribution in [0.5, 0.6) is 5.75 Å². The van der Waals surface area contributed by atoms with E-state index in [2.05, 4.69) is 11.8 Å². The van der Waals surface area contributed by atoms with Gasteiger partial charge in [-0.2, -0.15) is 0 Å². The Balaban J connectivity index is 1.77. The van der Waals surface area contributed by atoms with Crippen LogP contribution in [0.25, 0.3) is 0 Å². The van der Waals surface area contributed by atoms with Gasteiger partial charge in [-0.15, -0.1) is 0 Å². The van der Waals surface area contributed by atoms with E-state index < -0.39 is 0 Å². The molecule has 1 aliphatic heterocycles. The van der Waals surface area contributed by atoms with Gasteiger partial charge in [-0.3, -0.25) is 4.90 Å². The Hall–Kier alpha value is -1.02. The summed E-state index contributed by atoms with van der Waals surface area (Å²) in [5, 5.41) is 0. The molecular formula is C13H19NO. The predicted octanol–water partition coefficient (Wildman–Crippen LogP) is 2.55. The van der Waals surface area contributed by atoms with Crippen molar-refractivity contribution in [3.8, 4) is 5.75 Å². The molecule has 0 aromatic heterocycles. The lowest BCUT2D eigenvalue weighted by Crippen LogP contribution is -2.34. The van der Waals surface area contributed by atoms with Gasteiger partial charge in [-0.25, -0.2) is 0 Å². The lowest BCUT2D eigenvalue weighted by Gasteiger charge is -2.23. The molecule has 1 aromatic carbocycles. The van der Waals surface area contributed by atoms with Crippen molar-refractivity contribution in [3.63, 3.8) is 0 Å². The van der Waals surface area contributed by atoms with E-state index >= 15 is 0 Å². The molecule has 0 unspecified atom stereocenters. The van der Waals surface area contributed by atoms with E-state index in [1.165, 1.54) is 25.9 Å². The van der Waals surface area contributed by atoms with Crippen molar-refractivity contribution in [1.29, 1.82) is 0 Å². The van der Waals surface area contributed by atoms with E-state index in [-0.39, 0.29) is 0 Å². The standard InChI is InChI=1S/C13H19NO/c1-12(14-9-5-6-10-14)11-15-13-7-3-2-4-8-13/h2-4,7-8,12H,5-6,9-11H2,1H3/t12-/m1/s1. The molecule has 0 spiro atoms. The number of hydrogen-bond acceptors (Lipinski definition) is 2. The molecule has 1 atom stereocenters. The summed E-state index contributed by atoms with van der Waals surface area (Å²) in [5.74, 6) is 0.976. The first-order chi connectivity index (χ1) is 7.36. The third-order valence-electron chi connectivity index (χ3n) is 3.00. The van der Waals surface area contributed by atoms with Gasteiger partial charge in [0.15, 0.2) is 0 Å². The fourth-order valence-corrected chi connectivity index (χ4v) is 2.02. The molecule has 2 heteroatoms. The minimum Gasteiger partial charge on any atom is -0.492 e. The van der Waals surface area contributed by atoms with Gasteiger partial charge in [0.1, 0.15) is 12.4 Å². The molecule has 2 nitrogen and oxygen atoms in total. The molecule has 2 rings (SSSR count). The molecule has 0 N–H and O–H groups in total.